The summed E-state index contributed by atoms with van der Waals surface area (Å²) in [7, 11) is 1.69. The molecule has 1 heterocycles. The van der Waals surface area contributed by atoms with Gasteiger partial charge in [0.1, 0.15) is 0 Å². The van der Waals surface area contributed by atoms with Crippen LogP contribution in [0.2, 0.25) is 0 Å². The molecule has 94 valence electrons. The number of nitrogens with two attached hydrogens (primary N) is 1. The van der Waals surface area contributed by atoms with Gasteiger partial charge in [-0.1, -0.05) is 13.3 Å². The Labute approximate surface area is 98.0 Å². The second kappa shape index (κ2) is 6.70. The van der Waals surface area contributed by atoms with E-state index in [-0.39, 0.29) is 6.04 Å². The van der Waals surface area contributed by atoms with Crippen LogP contribution in [0.3, 0.4) is 0 Å². The first kappa shape index (κ1) is 13.3. The van der Waals surface area contributed by atoms with E-state index in [1.165, 1.54) is 12.8 Å². The lowest BCUT2D eigenvalue weighted by molar-refractivity contribution is 0.185. The van der Waals surface area contributed by atoms with Crippen LogP contribution in [0.15, 0.2) is 4.99 Å². The second-order valence-corrected chi connectivity index (χ2v) is 4.41. The Morgan fingerprint density at radius 1 is 1.69 bits per heavy atom. The summed E-state index contributed by atoms with van der Waals surface area (Å²) in [6.07, 6.45) is 2.46. The van der Waals surface area contributed by atoms with Gasteiger partial charge in [-0.05, 0) is 19.3 Å². The first-order valence-corrected chi connectivity index (χ1v) is 5.99. The summed E-state index contributed by atoms with van der Waals surface area (Å²) in [5.41, 5.74) is 2.70. The molecular formula is C11H24N4O. The molecule has 0 aromatic heterocycles. The van der Waals surface area contributed by atoms with Gasteiger partial charge in [0.2, 0.25) is 5.96 Å². The molecular weight excluding hydrogens is 204 g/mol. The van der Waals surface area contributed by atoms with Crippen LogP contribution in [0.4, 0.5) is 0 Å². The number of methoxy groups -OCH3 is 1. The molecule has 1 aliphatic rings. The monoisotopic (exact) mass is 228 g/mol. The molecule has 1 rings (SSSR count). The van der Waals surface area contributed by atoms with Crippen molar-refractivity contribution in [3.63, 3.8) is 0 Å². The van der Waals surface area contributed by atoms with Crippen LogP contribution in [-0.2, 0) is 4.74 Å². The van der Waals surface area contributed by atoms with Crippen LogP contribution in [-0.4, -0.2) is 43.7 Å². The molecule has 0 aliphatic carbocycles. The first-order valence-electron chi connectivity index (χ1n) is 5.99. The fourth-order valence-electron chi connectivity index (χ4n) is 2.06. The fraction of sp³-hybridized carbons (Fsp3) is 0.909. The molecule has 1 saturated heterocycles. The summed E-state index contributed by atoms with van der Waals surface area (Å²) in [6.45, 7) is 6.97. The van der Waals surface area contributed by atoms with Crippen molar-refractivity contribution in [2.45, 2.75) is 32.7 Å². The minimum absolute atomic E-state index is 0.136. The van der Waals surface area contributed by atoms with Crippen molar-refractivity contribution in [3.8, 4) is 0 Å². The number of rotatable bonds is 4. The number of likely N-dealkylation sites (tertiary alicyclic amines) is 1. The number of hydrogen-bond donors (Lipinski definition) is 2. The van der Waals surface area contributed by atoms with Crippen molar-refractivity contribution in [3.05, 3.63) is 0 Å². The average molecular weight is 228 g/mol. The van der Waals surface area contributed by atoms with Gasteiger partial charge in [-0.15, -0.1) is 0 Å². The molecule has 0 saturated carbocycles. The lowest BCUT2D eigenvalue weighted by atomic mass is 10.1. The van der Waals surface area contributed by atoms with Crippen molar-refractivity contribution >= 4 is 5.96 Å². The molecule has 1 aliphatic heterocycles. The van der Waals surface area contributed by atoms with E-state index in [1.54, 1.807) is 7.11 Å². The predicted molar refractivity (Wildman–Crippen MR) is 66.1 cm³/mol. The van der Waals surface area contributed by atoms with Gasteiger partial charge in [0.05, 0.1) is 12.6 Å². The van der Waals surface area contributed by atoms with Crippen molar-refractivity contribution in [2.24, 2.45) is 16.8 Å². The lowest BCUT2D eigenvalue weighted by Gasteiger charge is -2.21. The minimum Gasteiger partial charge on any atom is -0.382 e. The lowest BCUT2D eigenvalue weighted by Crippen LogP contribution is -2.44. The molecule has 0 aromatic carbocycles. The number of nitrogens with one attached hydrogen (secondary N) is 1. The van der Waals surface area contributed by atoms with E-state index in [1.807, 2.05) is 6.92 Å². The van der Waals surface area contributed by atoms with Crippen LogP contribution >= 0.6 is 0 Å². The number of guanidine groups is 1. The number of aliphatic imine (C=N–C) groups is 1. The second-order valence-electron chi connectivity index (χ2n) is 4.41. The van der Waals surface area contributed by atoms with Crippen LogP contribution in [0.25, 0.3) is 0 Å². The van der Waals surface area contributed by atoms with E-state index in [2.05, 4.69) is 22.2 Å². The maximum absolute atomic E-state index is 5.52. The molecule has 0 amide bonds. The smallest absolute Gasteiger partial charge is 0.208 e. The highest BCUT2D eigenvalue weighted by molar-refractivity contribution is 5.79. The highest BCUT2D eigenvalue weighted by Gasteiger charge is 2.23. The van der Waals surface area contributed by atoms with Gasteiger partial charge in [0.15, 0.2) is 0 Å². The zero-order chi connectivity index (χ0) is 12.0. The Bertz CT molecular complexity index is 232. The van der Waals surface area contributed by atoms with E-state index in [0.29, 0.717) is 6.61 Å². The van der Waals surface area contributed by atoms with Gasteiger partial charge in [-0.3, -0.25) is 5.43 Å². The largest absolute Gasteiger partial charge is 0.382 e. The third kappa shape index (κ3) is 3.64. The molecule has 5 nitrogen and oxygen atoms in total. The SMILES string of the molecule is CCC1CCN(C(=NC(C)COC)NN)C1. The van der Waals surface area contributed by atoms with E-state index in [0.717, 1.165) is 25.0 Å². The average Bonchev–Trinajstić information content (AvgIpc) is 2.74. The quantitative estimate of drug-likeness (QED) is 0.320. The topological polar surface area (TPSA) is 62.9 Å². The number of ether oxygens (including phenoxy) is 1. The molecule has 5 heteroatoms. The number of nitrogens with zero attached hydrogens (tertiary/aromatic N) is 2. The summed E-state index contributed by atoms with van der Waals surface area (Å²) in [6, 6.07) is 0.136. The zero-order valence-electron chi connectivity index (χ0n) is 10.6. The Kier molecular flexibility index (Phi) is 5.55. The minimum atomic E-state index is 0.136. The van der Waals surface area contributed by atoms with Crippen molar-refractivity contribution in [1.29, 1.82) is 0 Å². The van der Waals surface area contributed by atoms with Crippen molar-refractivity contribution in [2.75, 3.05) is 26.8 Å². The third-order valence-electron chi connectivity index (χ3n) is 3.04. The normalized spacial score (nSPS) is 23.6. The molecule has 2 atom stereocenters. The van der Waals surface area contributed by atoms with Gasteiger partial charge in [-0.25, -0.2) is 10.8 Å². The number of hydrogen-bond acceptors (Lipinski definition) is 3. The van der Waals surface area contributed by atoms with E-state index in [4.69, 9.17) is 10.6 Å². The molecule has 3 N–H and O–H groups in total. The maximum atomic E-state index is 5.52. The van der Waals surface area contributed by atoms with E-state index in [9.17, 15) is 0 Å². The Balaban J connectivity index is 2.53. The fourth-order valence-corrected chi connectivity index (χ4v) is 2.06. The van der Waals surface area contributed by atoms with Crippen molar-refractivity contribution < 1.29 is 4.74 Å². The Morgan fingerprint density at radius 2 is 2.44 bits per heavy atom. The van der Waals surface area contributed by atoms with Gasteiger partial charge in [-0.2, -0.15) is 0 Å². The van der Waals surface area contributed by atoms with Gasteiger partial charge in [0, 0.05) is 20.2 Å². The zero-order valence-corrected chi connectivity index (χ0v) is 10.6. The van der Waals surface area contributed by atoms with E-state index >= 15 is 0 Å². The number of hydrazine groups is 1. The standard InChI is InChI=1S/C11H24N4O/c1-4-10-5-6-15(7-10)11(14-12)13-9(2)8-16-3/h9-10H,4-8,12H2,1-3H3,(H,13,14). The van der Waals surface area contributed by atoms with Crippen LogP contribution in [0.5, 0.6) is 0 Å². The first-order chi connectivity index (χ1) is 7.71. The van der Waals surface area contributed by atoms with Crippen LogP contribution in [0.1, 0.15) is 26.7 Å². The molecule has 0 aromatic rings. The molecule has 1 fully saturated rings. The highest BCUT2D eigenvalue weighted by atomic mass is 16.5. The molecule has 16 heavy (non-hydrogen) atoms. The van der Waals surface area contributed by atoms with Gasteiger partial charge < -0.3 is 9.64 Å². The van der Waals surface area contributed by atoms with Gasteiger partial charge >= 0.3 is 0 Å². The maximum Gasteiger partial charge on any atom is 0.208 e. The highest BCUT2D eigenvalue weighted by Crippen LogP contribution is 2.18. The Hall–Kier alpha value is -0.810. The van der Waals surface area contributed by atoms with Crippen LogP contribution < -0.4 is 11.3 Å². The predicted octanol–water partition coefficient (Wildman–Crippen LogP) is 0.573. The molecule has 0 radical (unpaired) electrons. The van der Waals surface area contributed by atoms with Gasteiger partial charge in [0.25, 0.3) is 0 Å². The summed E-state index contributed by atoms with van der Waals surface area (Å²) in [4.78, 5) is 6.74. The van der Waals surface area contributed by atoms with Crippen molar-refractivity contribution in [1.82, 2.24) is 10.3 Å². The molecule has 0 bridgehead atoms. The summed E-state index contributed by atoms with van der Waals surface area (Å²) in [5.74, 6) is 7.09. The molecule has 2 unspecified atom stereocenters. The summed E-state index contributed by atoms with van der Waals surface area (Å²) >= 11 is 0. The summed E-state index contributed by atoms with van der Waals surface area (Å²) < 4.78 is 5.06. The van der Waals surface area contributed by atoms with E-state index < -0.39 is 0 Å². The third-order valence-corrected chi connectivity index (χ3v) is 3.04. The van der Waals surface area contributed by atoms with Crippen LogP contribution in [0, 0.1) is 5.92 Å². The summed E-state index contributed by atoms with van der Waals surface area (Å²) in [5, 5.41) is 0. The Morgan fingerprint density at radius 3 is 2.94 bits per heavy atom. The molecule has 0 spiro atoms.